The first-order valence-corrected chi connectivity index (χ1v) is 18.3. The van der Waals surface area contributed by atoms with E-state index < -0.39 is 36.3 Å². The fourth-order valence-electron chi connectivity index (χ4n) is 6.93. The second kappa shape index (κ2) is 13.3. The monoisotopic (exact) mass is 748 g/mol. The molecular formula is C51H32N4S. The first-order valence-electron chi connectivity index (χ1n) is 25.5. The first kappa shape index (κ1) is 19.9. The van der Waals surface area contributed by atoms with Crippen molar-refractivity contribution < 1.29 is 21.9 Å². The summed E-state index contributed by atoms with van der Waals surface area (Å²) in [6.45, 7) is 0. The average molecular weight is 749 g/mol. The summed E-state index contributed by atoms with van der Waals surface area (Å²) in [7, 11) is 0. The van der Waals surface area contributed by atoms with Gasteiger partial charge in [0.05, 0.1) is 38.7 Å². The number of hydrogen-bond acceptors (Lipinski definition) is 4. The van der Waals surface area contributed by atoms with Crippen molar-refractivity contribution in [3.63, 3.8) is 0 Å². The lowest BCUT2D eigenvalue weighted by atomic mass is 10.0. The van der Waals surface area contributed by atoms with Crippen molar-refractivity contribution in [1.29, 1.82) is 0 Å². The minimum atomic E-state index is -0.507. The quantitative estimate of drug-likeness (QED) is 0.170. The highest BCUT2D eigenvalue weighted by Crippen LogP contribution is 2.41. The van der Waals surface area contributed by atoms with Gasteiger partial charge in [-0.05, 0) is 64.6 Å². The standard InChI is InChI=1S/C51H32N4S/c1-3-15-33(16-4-1)35-29-30-46-43(32-35)39-21-7-10-26-44(39)55(46)45-27-11-8-23-42(45)51-53-49(34-17-5-2-6-18-34)52-50(54-51)37-20-13-19-36(31-37)38-24-14-25-41-40-22-9-12-28-47(40)56-48(38)41/h1-32H/i1D,7D,9D,12D,14D,15D,16D,21D,22D,24D,25D,26D,28D,29D,30D,32D. The molecule has 262 valence electrons. The van der Waals surface area contributed by atoms with Crippen molar-refractivity contribution in [3.05, 3.63) is 194 Å². The van der Waals surface area contributed by atoms with Crippen LogP contribution in [0.5, 0.6) is 0 Å². The van der Waals surface area contributed by atoms with Crippen LogP contribution < -0.4 is 0 Å². The van der Waals surface area contributed by atoms with E-state index in [2.05, 4.69) is 0 Å². The van der Waals surface area contributed by atoms with Crippen LogP contribution >= 0.6 is 11.3 Å². The van der Waals surface area contributed by atoms with Gasteiger partial charge in [-0.15, -0.1) is 11.3 Å². The molecule has 0 unspecified atom stereocenters. The minimum Gasteiger partial charge on any atom is -0.309 e. The first-order chi connectivity index (χ1) is 34.4. The Morgan fingerprint density at radius 2 is 1.14 bits per heavy atom. The molecule has 0 bridgehead atoms. The van der Waals surface area contributed by atoms with Crippen molar-refractivity contribution in [2.75, 3.05) is 0 Å². The van der Waals surface area contributed by atoms with E-state index in [0.717, 1.165) is 11.3 Å². The van der Waals surface area contributed by atoms with Gasteiger partial charge < -0.3 is 4.57 Å². The fraction of sp³-hybridized carbons (Fsp3) is 0. The van der Waals surface area contributed by atoms with Crippen LogP contribution in [0.3, 0.4) is 0 Å². The van der Waals surface area contributed by atoms with E-state index in [1.165, 1.54) is 22.8 Å². The van der Waals surface area contributed by atoms with E-state index in [1.54, 1.807) is 48.5 Å². The SMILES string of the molecule is [2H]c1cc([2H])c(-c2c([2H])c([2H])c3c(c2[2H])c2c([2H])c([2H])cc([2H])c2n3-c2ccccc2-c2nc(-c3ccccc3)nc(-c3cccc(-c4c([2H])c([2H])c([2H])c5c4sc4c([2H])c([2H])c([2H])c([2H])c45)c3)n2)c([2H])c1. The van der Waals surface area contributed by atoms with Gasteiger partial charge in [-0.2, -0.15) is 0 Å². The van der Waals surface area contributed by atoms with Gasteiger partial charge in [0.2, 0.25) is 0 Å². The van der Waals surface area contributed by atoms with Gasteiger partial charge in [-0.3, -0.25) is 0 Å². The third-order valence-electron chi connectivity index (χ3n) is 9.45. The van der Waals surface area contributed by atoms with E-state index in [-0.39, 0.29) is 138 Å². The third-order valence-corrected chi connectivity index (χ3v) is 10.6. The highest BCUT2D eigenvalue weighted by Gasteiger charge is 2.20. The summed E-state index contributed by atoms with van der Waals surface area (Å²) in [6.07, 6.45) is 0. The second-order valence-electron chi connectivity index (χ2n) is 12.7. The predicted molar refractivity (Wildman–Crippen MR) is 234 cm³/mol. The Labute approximate surface area is 350 Å². The zero-order valence-electron chi connectivity index (χ0n) is 44.9. The van der Waals surface area contributed by atoms with Crippen LogP contribution in [0.1, 0.15) is 21.9 Å². The fourth-order valence-corrected chi connectivity index (χ4v) is 8.02. The Morgan fingerprint density at radius 1 is 0.429 bits per heavy atom. The largest absolute Gasteiger partial charge is 0.309 e. The number of para-hydroxylation sites is 2. The van der Waals surface area contributed by atoms with E-state index in [1.807, 2.05) is 30.3 Å². The average Bonchev–Trinajstić information content (AvgIpc) is 3.95. The lowest BCUT2D eigenvalue weighted by Crippen LogP contribution is -2.03. The van der Waals surface area contributed by atoms with Crippen molar-refractivity contribution >= 4 is 53.3 Å². The Kier molecular flexibility index (Phi) is 4.72. The summed E-state index contributed by atoms with van der Waals surface area (Å²) in [5.41, 5.74) is 1.89. The van der Waals surface area contributed by atoms with Gasteiger partial charge in [0.15, 0.2) is 17.5 Å². The normalized spacial score (nSPS) is 15.6. The molecule has 0 spiro atoms. The Morgan fingerprint density at radius 3 is 2.05 bits per heavy atom. The lowest BCUT2D eigenvalue weighted by molar-refractivity contribution is 1.06. The van der Waals surface area contributed by atoms with Gasteiger partial charge in [0, 0.05) is 47.6 Å². The van der Waals surface area contributed by atoms with Crippen LogP contribution in [0.2, 0.25) is 0 Å². The van der Waals surface area contributed by atoms with Crippen molar-refractivity contribution in [1.82, 2.24) is 19.5 Å². The molecule has 0 saturated heterocycles. The van der Waals surface area contributed by atoms with Crippen LogP contribution in [0, 0.1) is 0 Å². The van der Waals surface area contributed by atoms with Gasteiger partial charge in [0.1, 0.15) is 0 Å². The van der Waals surface area contributed by atoms with Crippen molar-refractivity contribution in [2.45, 2.75) is 0 Å². The summed E-state index contributed by atoms with van der Waals surface area (Å²) in [5.74, 6) is 0.484. The number of fused-ring (bicyclic) bond motifs is 6. The maximum Gasteiger partial charge on any atom is 0.166 e. The Bertz CT molecular complexity index is 4170. The lowest BCUT2D eigenvalue weighted by Gasteiger charge is -2.15. The van der Waals surface area contributed by atoms with Crippen molar-refractivity contribution in [3.8, 4) is 62.1 Å². The predicted octanol–water partition coefficient (Wildman–Crippen LogP) is 13.7. The maximum absolute atomic E-state index is 9.61. The number of nitrogens with zero attached hydrogens (tertiary/aromatic N) is 4. The van der Waals surface area contributed by atoms with Gasteiger partial charge in [0.25, 0.3) is 0 Å². The number of aromatic nitrogens is 4. The van der Waals surface area contributed by atoms with Gasteiger partial charge in [-0.1, -0.05) is 151 Å². The second-order valence-corrected chi connectivity index (χ2v) is 13.8. The summed E-state index contributed by atoms with van der Waals surface area (Å²) in [4.78, 5) is 14.9. The van der Waals surface area contributed by atoms with Gasteiger partial charge in [-0.25, -0.2) is 15.0 Å². The smallest absolute Gasteiger partial charge is 0.166 e. The highest BCUT2D eigenvalue weighted by molar-refractivity contribution is 7.26. The molecule has 0 saturated carbocycles. The molecule has 11 rings (SSSR count). The number of thiophene rings is 1. The molecule has 0 amide bonds. The molecule has 0 N–H and O–H groups in total. The van der Waals surface area contributed by atoms with Crippen molar-refractivity contribution in [2.24, 2.45) is 0 Å². The Balaban J connectivity index is 1.18. The molecule has 8 aromatic carbocycles. The molecule has 11 aromatic rings. The Hall–Kier alpha value is -7.21. The molecule has 0 aliphatic carbocycles. The van der Waals surface area contributed by atoms with E-state index in [0.29, 0.717) is 27.0 Å². The molecule has 4 nitrogen and oxygen atoms in total. The molecule has 0 radical (unpaired) electrons. The van der Waals surface area contributed by atoms with Crippen LogP contribution in [0.15, 0.2) is 194 Å². The molecule has 0 aliphatic rings. The minimum absolute atomic E-state index is 0.0284. The molecule has 3 heterocycles. The van der Waals surface area contributed by atoms with Crippen LogP contribution in [0.25, 0.3) is 104 Å². The number of hydrogen-bond donors (Lipinski definition) is 0. The zero-order chi connectivity index (χ0) is 50.9. The molecule has 0 fully saturated rings. The molecular weight excluding hydrogens is 701 g/mol. The highest BCUT2D eigenvalue weighted by atomic mass is 32.1. The molecule has 3 aromatic heterocycles. The molecule has 5 heteroatoms. The zero-order valence-corrected chi connectivity index (χ0v) is 29.8. The molecule has 0 aliphatic heterocycles. The van der Waals surface area contributed by atoms with Crippen LogP contribution in [-0.4, -0.2) is 19.5 Å². The topological polar surface area (TPSA) is 43.6 Å². The van der Waals surface area contributed by atoms with E-state index >= 15 is 0 Å². The maximum atomic E-state index is 9.61. The van der Waals surface area contributed by atoms with Gasteiger partial charge >= 0.3 is 0 Å². The third kappa shape index (κ3) is 5.40. The molecule has 0 atom stereocenters. The summed E-state index contributed by atoms with van der Waals surface area (Å²) < 4.78 is 144. The van der Waals surface area contributed by atoms with Crippen LogP contribution in [-0.2, 0) is 0 Å². The number of rotatable bonds is 6. The summed E-state index contributed by atoms with van der Waals surface area (Å²) >= 11 is 1.02. The van der Waals surface area contributed by atoms with E-state index in [4.69, 9.17) is 31.4 Å². The summed E-state index contributed by atoms with van der Waals surface area (Å²) in [5, 5.41) is 0.159. The van der Waals surface area contributed by atoms with E-state index in [9.17, 15) is 5.48 Å². The van der Waals surface area contributed by atoms with Crippen LogP contribution in [0.4, 0.5) is 0 Å². The number of benzene rings is 8. The molecule has 56 heavy (non-hydrogen) atoms. The summed E-state index contributed by atoms with van der Waals surface area (Å²) in [6, 6.07) is 20.7.